The van der Waals surface area contributed by atoms with Crippen LogP contribution in [0.25, 0.3) is 0 Å². The highest BCUT2D eigenvalue weighted by atomic mass is 32.1. The van der Waals surface area contributed by atoms with Crippen LogP contribution in [-0.2, 0) is 4.74 Å². The van der Waals surface area contributed by atoms with E-state index in [1.165, 1.54) is 9.75 Å². The fourth-order valence-electron chi connectivity index (χ4n) is 2.23. The molecule has 1 aliphatic heterocycles. The van der Waals surface area contributed by atoms with Gasteiger partial charge < -0.3 is 15.4 Å². The van der Waals surface area contributed by atoms with Crippen LogP contribution in [0.1, 0.15) is 15.8 Å². The number of rotatable bonds is 4. The van der Waals surface area contributed by atoms with Gasteiger partial charge in [0.15, 0.2) is 5.96 Å². The van der Waals surface area contributed by atoms with E-state index in [1.54, 1.807) is 0 Å². The Balaban J connectivity index is 2.13. The van der Waals surface area contributed by atoms with Gasteiger partial charge in [-0.3, -0.25) is 9.89 Å². The number of hydrogen-bond donors (Lipinski definition) is 1. The molecule has 0 amide bonds. The summed E-state index contributed by atoms with van der Waals surface area (Å²) in [5.41, 5.74) is 5.91. The Kier molecular flexibility index (Phi) is 5.39. The third kappa shape index (κ3) is 3.94. The van der Waals surface area contributed by atoms with Gasteiger partial charge in [-0.15, -0.1) is 11.3 Å². The first-order valence-electron chi connectivity index (χ1n) is 6.93. The van der Waals surface area contributed by atoms with Crippen LogP contribution >= 0.6 is 11.3 Å². The maximum Gasteiger partial charge on any atom is 0.190 e. The second-order valence-electron chi connectivity index (χ2n) is 5.21. The summed E-state index contributed by atoms with van der Waals surface area (Å²) in [6.45, 7) is 6.35. The van der Waals surface area contributed by atoms with Crippen molar-refractivity contribution < 1.29 is 4.74 Å². The number of aliphatic imine (C=N–C) groups is 1. The largest absolute Gasteiger partial charge is 0.379 e. The molecule has 1 aromatic rings. The number of aryl methyl sites for hydroxylation is 1. The molecular weight excluding hydrogens is 272 g/mol. The zero-order valence-corrected chi connectivity index (χ0v) is 13.3. The molecule has 5 nitrogen and oxygen atoms in total. The van der Waals surface area contributed by atoms with Crippen LogP contribution < -0.4 is 5.73 Å². The van der Waals surface area contributed by atoms with Crippen molar-refractivity contribution in [3.63, 3.8) is 0 Å². The van der Waals surface area contributed by atoms with Gasteiger partial charge >= 0.3 is 0 Å². The van der Waals surface area contributed by atoms with E-state index < -0.39 is 0 Å². The molecule has 1 aliphatic rings. The van der Waals surface area contributed by atoms with Crippen LogP contribution in [0.15, 0.2) is 17.1 Å². The van der Waals surface area contributed by atoms with Crippen molar-refractivity contribution in [1.29, 1.82) is 0 Å². The Morgan fingerprint density at radius 3 is 2.70 bits per heavy atom. The first kappa shape index (κ1) is 15.3. The summed E-state index contributed by atoms with van der Waals surface area (Å²) in [6.07, 6.45) is 0. The van der Waals surface area contributed by atoms with Crippen LogP contribution in [0.3, 0.4) is 0 Å². The Hall–Kier alpha value is -1.11. The maximum atomic E-state index is 5.91. The van der Waals surface area contributed by atoms with Crippen molar-refractivity contribution in [3.05, 3.63) is 21.9 Å². The fourth-order valence-corrected chi connectivity index (χ4v) is 3.23. The topological polar surface area (TPSA) is 54.1 Å². The number of guanidine groups is 1. The lowest BCUT2D eigenvalue weighted by Gasteiger charge is -2.33. The second kappa shape index (κ2) is 7.06. The summed E-state index contributed by atoms with van der Waals surface area (Å²) in [4.78, 5) is 11.5. The minimum absolute atomic E-state index is 0.302. The standard InChI is InChI=1S/C14H24N4OS/c1-11-4-5-13(20-11)12(10-16-14(15)17(2)3)18-6-8-19-9-7-18/h4-5,12H,6-10H2,1-3H3,(H2,15,16). The average Bonchev–Trinajstić information content (AvgIpc) is 2.86. The highest BCUT2D eigenvalue weighted by molar-refractivity contribution is 7.12. The summed E-state index contributed by atoms with van der Waals surface area (Å²) in [5, 5.41) is 0. The van der Waals surface area contributed by atoms with Gasteiger partial charge in [0, 0.05) is 36.9 Å². The molecule has 1 atom stereocenters. The molecule has 6 heteroatoms. The lowest BCUT2D eigenvalue weighted by atomic mass is 10.2. The molecule has 2 rings (SSSR count). The van der Waals surface area contributed by atoms with Gasteiger partial charge in [0.2, 0.25) is 0 Å². The predicted octanol–water partition coefficient (Wildman–Crippen LogP) is 1.31. The van der Waals surface area contributed by atoms with E-state index >= 15 is 0 Å². The SMILES string of the molecule is Cc1ccc(C(CN=C(N)N(C)C)N2CCOCC2)s1. The molecule has 0 radical (unpaired) electrons. The normalized spacial score (nSPS) is 19.1. The lowest BCUT2D eigenvalue weighted by molar-refractivity contribution is 0.0186. The second-order valence-corrected chi connectivity index (χ2v) is 6.53. The Labute approximate surface area is 125 Å². The monoisotopic (exact) mass is 296 g/mol. The molecule has 1 unspecified atom stereocenters. The molecule has 0 aliphatic carbocycles. The molecule has 1 fully saturated rings. The van der Waals surface area contributed by atoms with Gasteiger partial charge in [0.1, 0.15) is 0 Å². The van der Waals surface area contributed by atoms with Crippen LogP contribution in [0, 0.1) is 6.92 Å². The van der Waals surface area contributed by atoms with E-state index in [0.717, 1.165) is 26.3 Å². The molecule has 0 aromatic carbocycles. The molecule has 112 valence electrons. The molecule has 0 spiro atoms. The van der Waals surface area contributed by atoms with Gasteiger partial charge in [-0.2, -0.15) is 0 Å². The maximum absolute atomic E-state index is 5.91. The average molecular weight is 296 g/mol. The van der Waals surface area contributed by atoms with E-state index in [9.17, 15) is 0 Å². The summed E-state index contributed by atoms with van der Waals surface area (Å²) in [5.74, 6) is 0.580. The van der Waals surface area contributed by atoms with Crippen molar-refractivity contribution >= 4 is 17.3 Å². The number of thiophene rings is 1. The smallest absolute Gasteiger partial charge is 0.190 e. The molecule has 0 saturated carbocycles. The van der Waals surface area contributed by atoms with Crippen LogP contribution in [0.2, 0.25) is 0 Å². The summed E-state index contributed by atoms with van der Waals surface area (Å²) in [7, 11) is 3.83. The Morgan fingerprint density at radius 1 is 1.45 bits per heavy atom. The van der Waals surface area contributed by atoms with E-state index in [0.29, 0.717) is 18.5 Å². The summed E-state index contributed by atoms with van der Waals surface area (Å²) in [6, 6.07) is 4.68. The minimum atomic E-state index is 0.302. The van der Waals surface area contributed by atoms with Crippen LogP contribution in [-0.4, -0.2) is 62.7 Å². The molecule has 1 saturated heterocycles. The van der Waals surface area contributed by atoms with E-state index in [1.807, 2.05) is 30.3 Å². The predicted molar refractivity (Wildman–Crippen MR) is 84.4 cm³/mol. The summed E-state index contributed by atoms with van der Waals surface area (Å²) >= 11 is 1.84. The number of nitrogens with zero attached hydrogens (tertiary/aromatic N) is 3. The first-order chi connectivity index (χ1) is 9.58. The molecular formula is C14H24N4OS. The number of hydrogen-bond acceptors (Lipinski definition) is 4. The van der Waals surface area contributed by atoms with E-state index in [4.69, 9.17) is 10.5 Å². The third-order valence-corrected chi connectivity index (χ3v) is 4.56. The van der Waals surface area contributed by atoms with Gasteiger partial charge in [0.25, 0.3) is 0 Å². The number of morpholine rings is 1. The molecule has 1 aromatic heterocycles. The van der Waals surface area contributed by atoms with Crippen molar-refractivity contribution in [2.75, 3.05) is 46.9 Å². The van der Waals surface area contributed by atoms with Crippen LogP contribution in [0.4, 0.5) is 0 Å². The van der Waals surface area contributed by atoms with Crippen molar-refractivity contribution in [2.24, 2.45) is 10.7 Å². The first-order valence-corrected chi connectivity index (χ1v) is 7.75. The third-order valence-electron chi connectivity index (χ3n) is 3.46. The van der Waals surface area contributed by atoms with E-state index in [2.05, 4.69) is 28.9 Å². The zero-order valence-electron chi connectivity index (χ0n) is 12.5. The Bertz CT molecular complexity index is 452. The van der Waals surface area contributed by atoms with Crippen molar-refractivity contribution in [1.82, 2.24) is 9.80 Å². The van der Waals surface area contributed by atoms with E-state index in [-0.39, 0.29) is 0 Å². The lowest BCUT2D eigenvalue weighted by Crippen LogP contribution is -2.40. The van der Waals surface area contributed by atoms with Gasteiger partial charge in [-0.25, -0.2) is 0 Å². The van der Waals surface area contributed by atoms with Crippen molar-refractivity contribution in [3.8, 4) is 0 Å². The summed E-state index contributed by atoms with van der Waals surface area (Å²) < 4.78 is 5.45. The molecule has 20 heavy (non-hydrogen) atoms. The Morgan fingerprint density at radius 2 is 2.15 bits per heavy atom. The number of nitrogens with two attached hydrogens (primary N) is 1. The highest BCUT2D eigenvalue weighted by Crippen LogP contribution is 2.28. The van der Waals surface area contributed by atoms with Gasteiger partial charge in [-0.1, -0.05) is 0 Å². The highest BCUT2D eigenvalue weighted by Gasteiger charge is 2.23. The van der Waals surface area contributed by atoms with Gasteiger partial charge in [-0.05, 0) is 19.1 Å². The molecule has 0 bridgehead atoms. The number of ether oxygens (including phenoxy) is 1. The fraction of sp³-hybridized carbons (Fsp3) is 0.643. The molecule has 2 N–H and O–H groups in total. The quantitative estimate of drug-likeness (QED) is 0.672. The van der Waals surface area contributed by atoms with Crippen molar-refractivity contribution in [2.45, 2.75) is 13.0 Å². The zero-order chi connectivity index (χ0) is 14.5. The van der Waals surface area contributed by atoms with Gasteiger partial charge in [0.05, 0.1) is 25.8 Å². The molecule has 2 heterocycles. The van der Waals surface area contributed by atoms with Crippen LogP contribution in [0.5, 0.6) is 0 Å². The minimum Gasteiger partial charge on any atom is -0.379 e.